The predicted octanol–water partition coefficient (Wildman–Crippen LogP) is 2.10. The highest BCUT2D eigenvalue weighted by molar-refractivity contribution is 9.10. The van der Waals surface area contributed by atoms with Crippen molar-refractivity contribution in [2.24, 2.45) is 0 Å². The lowest BCUT2D eigenvalue weighted by Gasteiger charge is -2.15. The summed E-state index contributed by atoms with van der Waals surface area (Å²) in [6.07, 6.45) is 3.86. The average Bonchev–Trinajstić information content (AvgIpc) is 3.46. The Morgan fingerprint density at radius 1 is 1.22 bits per heavy atom. The first-order chi connectivity index (χ1) is 13.0. The molecule has 0 unspecified atom stereocenters. The van der Waals surface area contributed by atoms with Crippen molar-refractivity contribution in [2.75, 3.05) is 17.3 Å². The van der Waals surface area contributed by atoms with Crippen LogP contribution in [0, 0.1) is 0 Å². The smallest absolute Gasteiger partial charge is 0.286 e. The van der Waals surface area contributed by atoms with Crippen LogP contribution >= 0.6 is 15.9 Å². The van der Waals surface area contributed by atoms with Gasteiger partial charge in [0.2, 0.25) is 5.95 Å². The van der Waals surface area contributed by atoms with Crippen LogP contribution in [-0.2, 0) is 0 Å². The van der Waals surface area contributed by atoms with Crippen LogP contribution in [0.25, 0.3) is 0 Å². The highest BCUT2D eigenvalue weighted by Crippen LogP contribution is 2.19. The molecule has 2 aromatic rings. The molecule has 0 atom stereocenters. The highest BCUT2D eigenvalue weighted by atomic mass is 79.9. The Morgan fingerprint density at radius 2 is 1.93 bits per heavy atom. The Hall–Kier alpha value is -2.68. The van der Waals surface area contributed by atoms with Crippen molar-refractivity contribution in [3.8, 4) is 0 Å². The second-order valence-electron chi connectivity index (χ2n) is 6.26. The summed E-state index contributed by atoms with van der Waals surface area (Å²) in [6, 6.07) is 6.82. The Kier molecular flexibility index (Phi) is 5.90. The number of hydrogen-bond acceptors (Lipinski definition) is 5. The first kappa shape index (κ1) is 19.1. The minimum absolute atomic E-state index is 0.111. The third-order valence-electron chi connectivity index (χ3n) is 3.97. The number of carbonyl (C=O) groups excluding carboxylic acids is 2. The molecule has 1 saturated carbocycles. The lowest BCUT2D eigenvalue weighted by Crippen LogP contribution is -2.40. The maximum Gasteiger partial charge on any atom is 0.286 e. The summed E-state index contributed by atoms with van der Waals surface area (Å²) in [5, 5.41) is 5.75. The van der Waals surface area contributed by atoms with E-state index in [1.807, 2.05) is 6.92 Å². The number of carbonyl (C=O) groups is 2. The highest BCUT2D eigenvalue weighted by Gasteiger charge is 2.26. The van der Waals surface area contributed by atoms with E-state index in [2.05, 4.69) is 37.0 Å². The standard InChI is InChI=1S/C18H20BrN5O3/c1-2-9-20-18-21-10-14(16(26)22-13-7-8-13)17(27)24(18)23-15(25)11-3-5-12(19)6-4-11/h3-6,10,13H,2,7-9H2,1H3,(H,20,21)(H,22,26)(H,23,25). The van der Waals surface area contributed by atoms with E-state index in [0.29, 0.717) is 12.1 Å². The molecular weight excluding hydrogens is 414 g/mol. The summed E-state index contributed by atoms with van der Waals surface area (Å²) < 4.78 is 1.82. The molecule has 0 radical (unpaired) electrons. The molecule has 1 aromatic carbocycles. The number of amides is 2. The minimum Gasteiger partial charge on any atom is -0.354 e. The lowest BCUT2D eigenvalue weighted by molar-refractivity contribution is 0.0945. The van der Waals surface area contributed by atoms with Gasteiger partial charge in [0.05, 0.1) is 0 Å². The molecule has 0 bridgehead atoms. The quantitative estimate of drug-likeness (QED) is 0.619. The summed E-state index contributed by atoms with van der Waals surface area (Å²) in [6.45, 7) is 2.53. The number of aromatic nitrogens is 2. The van der Waals surface area contributed by atoms with Gasteiger partial charge in [0.15, 0.2) is 0 Å². The van der Waals surface area contributed by atoms with Crippen LogP contribution in [0.4, 0.5) is 5.95 Å². The number of rotatable bonds is 7. The molecular formula is C18H20BrN5O3. The van der Waals surface area contributed by atoms with Crippen molar-refractivity contribution in [1.29, 1.82) is 0 Å². The van der Waals surface area contributed by atoms with E-state index in [1.165, 1.54) is 6.20 Å². The van der Waals surface area contributed by atoms with Crippen molar-refractivity contribution in [2.45, 2.75) is 32.2 Å². The van der Waals surface area contributed by atoms with Crippen LogP contribution < -0.4 is 21.6 Å². The second kappa shape index (κ2) is 8.34. The van der Waals surface area contributed by atoms with Crippen LogP contribution in [0.1, 0.15) is 46.9 Å². The van der Waals surface area contributed by atoms with Gasteiger partial charge in [0.25, 0.3) is 17.4 Å². The van der Waals surface area contributed by atoms with Gasteiger partial charge in [-0.15, -0.1) is 0 Å². The van der Waals surface area contributed by atoms with Crippen molar-refractivity contribution in [1.82, 2.24) is 15.0 Å². The third kappa shape index (κ3) is 4.73. The summed E-state index contributed by atoms with van der Waals surface area (Å²) in [4.78, 5) is 41.8. The molecule has 142 valence electrons. The Bertz CT molecular complexity index is 906. The van der Waals surface area contributed by atoms with E-state index in [-0.39, 0.29) is 17.6 Å². The van der Waals surface area contributed by atoms with Crippen molar-refractivity contribution >= 4 is 33.7 Å². The first-order valence-corrected chi connectivity index (χ1v) is 9.52. The molecule has 1 aromatic heterocycles. The van der Waals surface area contributed by atoms with Crippen molar-refractivity contribution in [3.05, 3.63) is 56.4 Å². The molecule has 0 aliphatic heterocycles. The summed E-state index contributed by atoms with van der Waals surface area (Å²) in [5.41, 5.74) is 2.16. The summed E-state index contributed by atoms with van der Waals surface area (Å²) in [7, 11) is 0. The fraction of sp³-hybridized carbons (Fsp3) is 0.333. The van der Waals surface area contributed by atoms with E-state index in [0.717, 1.165) is 28.4 Å². The van der Waals surface area contributed by atoms with Crippen molar-refractivity contribution in [3.63, 3.8) is 0 Å². The maximum absolute atomic E-state index is 12.8. The molecule has 27 heavy (non-hydrogen) atoms. The molecule has 1 fully saturated rings. The Balaban J connectivity index is 1.91. The molecule has 9 heteroatoms. The van der Waals surface area contributed by atoms with Gasteiger partial charge in [0.1, 0.15) is 5.56 Å². The molecule has 2 amide bonds. The number of nitrogens with zero attached hydrogens (tertiary/aromatic N) is 2. The van der Waals surface area contributed by atoms with Gasteiger partial charge in [0, 0.05) is 28.8 Å². The third-order valence-corrected chi connectivity index (χ3v) is 4.50. The van der Waals surface area contributed by atoms with E-state index < -0.39 is 17.4 Å². The van der Waals surface area contributed by atoms with Crippen LogP contribution in [0.3, 0.4) is 0 Å². The average molecular weight is 434 g/mol. The minimum atomic E-state index is -0.632. The predicted molar refractivity (Wildman–Crippen MR) is 106 cm³/mol. The Morgan fingerprint density at radius 3 is 2.56 bits per heavy atom. The fourth-order valence-corrected chi connectivity index (χ4v) is 2.60. The van der Waals surface area contributed by atoms with Gasteiger partial charge in [-0.3, -0.25) is 19.8 Å². The van der Waals surface area contributed by atoms with Crippen LogP contribution in [0.5, 0.6) is 0 Å². The molecule has 3 rings (SSSR count). The van der Waals surface area contributed by atoms with Gasteiger partial charge in [-0.25, -0.2) is 4.98 Å². The zero-order valence-corrected chi connectivity index (χ0v) is 16.4. The maximum atomic E-state index is 12.8. The fourth-order valence-electron chi connectivity index (χ4n) is 2.33. The van der Waals surface area contributed by atoms with Crippen molar-refractivity contribution < 1.29 is 9.59 Å². The molecule has 3 N–H and O–H groups in total. The Labute approximate surface area is 164 Å². The van der Waals surface area contributed by atoms with E-state index >= 15 is 0 Å². The summed E-state index contributed by atoms with van der Waals surface area (Å²) >= 11 is 3.31. The van der Waals surface area contributed by atoms with Gasteiger partial charge >= 0.3 is 0 Å². The largest absolute Gasteiger partial charge is 0.354 e. The number of halogens is 1. The zero-order chi connectivity index (χ0) is 19.4. The molecule has 1 heterocycles. The number of benzene rings is 1. The van der Waals surface area contributed by atoms with Crippen LogP contribution in [-0.4, -0.2) is 34.1 Å². The van der Waals surface area contributed by atoms with E-state index in [9.17, 15) is 14.4 Å². The lowest BCUT2D eigenvalue weighted by atomic mass is 10.2. The zero-order valence-electron chi connectivity index (χ0n) is 14.8. The summed E-state index contributed by atoms with van der Waals surface area (Å²) in [5.74, 6) is -0.787. The number of hydrogen-bond donors (Lipinski definition) is 3. The van der Waals surface area contributed by atoms with Gasteiger partial charge < -0.3 is 10.6 Å². The van der Waals surface area contributed by atoms with Gasteiger partial charge in [-0.1, -0.05) is 22.9 Å². The second-order valence-corrected chi connectivity index (χ2v) is 7.17. The molecule has 1 aliphatic rings. The van der Waals surface area contributed by atoms with E-state index in [4.69, 9.17) is 0 Å². The number of anilines is 1. The van der Waals surface area contributed by atoms with Crippen LogP contribution in [0.15, 0.2) is 39.7 Å². The van der Waals surface area contributed by atoms with E-state index in [1.54, 1.807) is 24.3 Å². The normalized spacial score (nSPS) is 13.1. The monoisotopic (exact) mass is 433 g/mol. The molecule has 0 saturated heterocycles. The number of nitrogens with one attached hydrogen (secondary N) is 3. The first-order valence-electron chi connectivity index (χ1n) is 8.73. The van der Waals surface area contributed by atoms with Gasteiger partial charge in [-0.2, -0.15) is 4.68 Å². The molecule has 1 aliphatic carbocycles. The molecule has 0 spiro atoms. The SMILES string of the molecule is CCCNc1ncc(C(=O)NC2CC2)c(=O)n1NC(=O)c1ccc(Br)cc1. The molecule has 8 nitrogen and oxygen atoms in total. The van der Waals surface area contributed by atoms with Crippen LogP contribution in [0.2, 0.25) is 0 Å². The van der Waals surface area contributed by atoms with Gasteiger partial charge in [-0.05, 0) is 43.5 Å². The topological polar surface area (TPSA) is 105 Å².